The van der Waals surface area contributed by atoms with Crippen LogP contribution in [-0.2, 0) is 10.0 Å². The Morgan fingerprint density at radius 3 is 2.59 bits per heavy atom. The zero-order valence-corrected chi connectivity index (χ0v) is 19.2. The third-order valence-corrected chi connectivity index (χ3v) is 8.60. The molecule has 1 aromatic heterocycles. The maximum atomic E-state index is 14.0. The fourth-order valence-electron chi connectivity index (χ4n) is 3.82. The molecule has 2 aliphatic heterocycles. The Morgan fingerprint density at radius 1 is 1.06 bits per heavy atom. The normalized spacial score (nSPS) is 16.5. The number of fused-ring (bicyclic) bond motifs is 1. The number of sulfonamides is 1. The van der Waals surface area contributed by atoms with Crippen LogP contribution in [0.4, 0.5) is 14.5 Å². The van der Waals surface area contributed by atoms with Crippen molar-refractivity contribution in [2.24, 2.45) is 0 Å². The van der Waals surface area contributed by atoms with Crippen LogP contribution in [0.15, 0.2) is 41.3 Å². The standard InChI is InChI=1S/C21H18F2N4O5S2/c22-13-1-4-18(15(23)9-13)34(29,30)27-7-5-12(6-8-27)20-25-26-21(33-20)19(28)24-14-2-3-16-17(10-14)32-11-31-16/h1-4,9-10,12H,5-8,11H2,(H,24,28). The zero-order valence-electron chi connectivity index (χ0n) is 17.5. The third-order valence-electron chi connectivity index (χ3n) is 5.58. The highest BCUT2D eigenvalue weighted by Crippen LogP contribution is 2.35. The summed E-state index contributed by atoms with van der Waals surface area (Å²) in [6.07, 6.45) is 0.862. The van der Waals surface area contributed by atoms with E-state index in [0.29, 0.717) is 41.1 Å². The van der Waals surface area contributed by atoms with Gasteiger partial charge in [0.2, 0.25) is 21.8 Å². The van der Waals surface area contributed by atoms with Gasteiger partial charge in [0.1, 0.15) is 21.5 Å². The van der Waals surface area contributed by atoms with E-state index >= 15 is 0 Å². The molecule has 3 aromatic rings. The molecule has 0 atom stereocenters. The van der Waals surface area contributed by atoms with Crippen LogP contribution in [0.2, 0.25) is 0 Å². The summed E-state index contributed by atoms with van der Waals surface area (Å²) >= 11 is 1.14. The molecule has 0 unspecified atom stereocenters. The lowest BCUT2D eigenvalue weighted by molar-refractivity contribution is 0.102. The molecule has 0 spiro atoms. The monoisotopic (exact) mass is 508 g/mol. The Morgan fingerprint density at radius 2 is 1.82 bits per heavy atom. The Kier molecular flexibility index (Phi) is 5.91. The smallest absolute Gasteiger partial charge is 0.286 e. The van der Waals surface area contributed by atoms with Gasteiger partial charge < -0.3 is 14.8 Å². The molecule has 0 saturated carbocycles. The topological polar surface area (TPSA) is 111 Å². The van der Waals surface area contributed by atoms with Gasteiger partial charge in [-0.1, -0.05) is 11.3 Å². The van der Waals surface area contributed by atoms with Crippen molar-refractivity contribution in [1.82, 2.24) is 14.5 Å². The molecule has 3 heterocycles. The molecule has 9 nitrogen and oxygen atoms in total. The summed E-state index contributed by atoms with van der Waals surface area (Å²) in [5, 5.41) is 11.6. The van der Waals surface area contributed by atoms with Crippen LogP contribution in [0.3, 0.4) is 0 Å². The van der Waals surface area contributed by atoms with Gasteiger partial charge in [-0.3, -0.25) is 4.79 Å². The minimum Gasteiger partial charge on any atom is -0.454 e. The van der Waals surface area contributed by atoms with Crippen molar-refractivity contribution in [2.75, 3.05) is 25.2 Å². The second-order valence-corrected chi connectivity index (χ2v) is 10.6. The van der Waals surface area contributed by atoms with Crippen LogP contribution in [0.1, 0.15) is 33.6 Å². The van der Waals surface area contributed by atoms with Crippen LogP contribution >= 0.6 is 11.3 Å². The fourth-order valence-corrected chi connectivity index (χ4v) is 6.24. The van der Waals surface area contributed by atoms with Gasteiger partial charge in [-0.25, -0.2) is 17.2 Å². The van der Waals surface area contributed by atoms with E-state index in [4.69, 9.17) is 9.47 Å². The molecule has 0 radical (unpaired) electrons. The van der Waals surface area contributed by atoms with E-state index in [1.54, 1.807) is 18.2 Å². The van der Waals surface area contributed by atoms with Gasteiger partial charge in [0.05, 0.1) is 0 Å². The summed E-state index contributed by atoms with van der Waals surface area (Å²) in [6.45, 7) is 0.412. The van der Waals surface area contributed by atoms with E-state index in [1.807, 2.05) is 0 Å². The predicted octanol–water partition coefficient (Wildman–Crippen LogP) is 3.37. The van der Waals surface area contributed by atoms with E-state index in [9.17, 15) is 22.0 Å². The van der Waals surface area contributed by atoms with Gasteiger partial charge in [0.15, 0.2) is 11.5 Å². The highest BCUT2D eigenvalue weighted by molar-refractivity contribution is 7.89. The molecular weight excluding hydrogens is 490 g/mol. The number of hydrogen-bond donors (Lipinski definition) is 1. The first kappa shape index (κ1) is 22.6. The van der Waals surface area contributed by atoms with Gasteiger partial charge in [0, 0.05) is 36.8 Å². The van der Waals surface area contributed by atoms with E-state index < -0.39 is 32.5 Å². The SMILES string of the molecule is O=C(Nc1ccc2c(c1)OCO2)c1nnc(C2CCN(S(=O)(=O)c3ccc(F)cc3F)CC2)s1. The number of benzene rings is 2. The molecule has 1 fully saturated rings. The van der Waals surface area contributed by atoms with E-state index in [0.717, 1.165) is 23.5 Å². The Hall–Kier alpha value is -3.16. The Labute approximate surface area is 197 Å². The maximum absolute atomic E-state index is 14.0. The number of carbonyl (C=O) groups excluding carboxylic acids is 1. The molecule has 34 heavy (non-hydrogen) atoms. The van der Waals surface area contributed by atoms with Crippen LogP contribution < -0.4 is 14.8 Å². The number of aromatic nitrogens is 2. The number of carbonyl (C=O) groups is 1. The number of hydrogen-bond acceptors (Lipinski definition) is 8. The van der Waals surface area contributed by atoms with E-state index in [1.165, 1.54) is 4.31 Å². The lowest BCUT2D eigenvalue weighted by atomic mass is 9.99. The van der Waals surface area contributed by atoms with E-state index in [-0.39, 0.29) is 30.8 Å². The number of anilines is 1. The highest BCUT2D eigenvalue weighted by atomic mass is 32.2. The first-order valence-corrected chi connectivity index (χ1v) is 12.6. The number of halogens is 2. The molecule has 0 aliphatic carbocycles. The largest absolute Gasteiger partial charge is 0.454 e. The molecule has 0 bridgehead atoms. The number of nitrogens with one attached hydrogen (secondary N) is 1. The molecule has 1 saturated heterocycles. The fraction of sp³-hybridized carbons (Fsp3) is 0.286. The Balaban J connectivity index is 1.22. The lowest BCUT2D eigenvalue weighted by Gasteiger charge is -2.30. The molecule has 1 amide bonds. The average Bonchev–Trinajstić information content (AvgIpc) is 3.48. The number of nitrogens with zero attached hydrogens (tertiary/aromatic N) is 3. The molecular formula is C21H18F2N4O5S2. The molecule has 1 N–H and O–H groups in total. The van der Waals surface area contributed by atoms with Crippen LogP contribution in [-0.4, -0.2) is 48.7 Å². The summed E-state index contributed by atoms with van der Waals surface area (Å²) in [5.41, 5.74) is 0.526. The van der Waals surface area contributed by atoms with Crippen molar-refractivity contribution >= 4 is 33.0 Å². The summed E-state index contributed by atoms with van der Waals surface area (Å²) in [7, 11) is -4.09. The molecule has 2 aromatic carbocycles. The summed E-state index contributed by atoms with van der Waals surface area (Å²) < 4.78 is 64.4. The average molecular weight is 509 g/mol. The number of piperidine rings is 1. The van der Waals surface area contributed by atoms with Gasteiger partial charge in [0.25, 0.3) is 5.91 Å². The minimum absolute atomic E-state index is 0.0888. The Bertz CT molecular complexity index is 1360. The zero-order chi connectivity index (χ0) is 23.9. The maximum Gasteiger partial charge on any atom is 0.286 e. The van der Waals surface area contributed by atoms with Crippen LogP contribution in [0.25, 0.3) is 0 Å². The second kappa shape index (κ2) is 8.89. The van der Waals surface area contributed by atoms with Crippen molar-refractivity contribution in [3.63, 3.8) is 0 Å². The van der Waals surface area contributed by atoms with E-state index in [2.05, 4.69) is 15.5 Å². The number of rotatable bonds is 5. The van der Waals surface area contributed by atoms with Crippen molar-refractivity contribution in [1.29, 1.82) is 0 Å². The molecule has 2 aliphatic rings. The first-order chi connectivity index (χ1) is 16.3. The number of amides is 1. The number of ether oxygens (including phenoxy) is 2. The van der Waals surface area contributed by atoms with Gasteiger partial charge >= 0.3 is 0 Å². The predicted molar refractivity (Wildman–Crippen MR) is 118 cm³/mol. The van der Waals surface area contributed by atoms with Crippen molar-refractivity contribution in [3.05, 3.63) is 58.0 Å². The second-order valence-electron chi connectivity index (χ2n) is 7.72. The molecule has 178 valence electrons. The first-order valence-electron chi connectivity index (χ1n) is 10.3. The summed E-state index contributed by atoms with van der Waals surface area (Å²) in [6, 6.07) is 7.44. The van der Waals surface area contributed by atoms with Crippen molar-refractivity contribution in [2.45, 2.75) is 23.7 Å². The molecule has 13 heteroatoms. The third kappa shape index (κ3) is 4.33. The summed E-state index contributed by atoms with van der Waals surface area (Å²) in [5.74, 6) is -1.33. The lowest BCUT2D eigenvalue weighted by Crippen LogP contribution is -2.38. The highest BCUT2D eigenvalue weighted by Gasteiger charge is 2.33. The van der Waals surface area contributed by atoms with Gasteiger partial charge in [-0.2, -0.15) is 4.31 Å². The van der Waals surface area contributed by atoms with Gasteiger partial charge in [-0.15, -0.1) is 10.2 Å². The van der Waals surface area contributed by atoms with Crippen molar-refractivity contribution in [3.8, 4) is 11.5 Å². The van der Waals surface area contributed by atoms with Gasteiger partial charge in [-0.05, 0) is 37.1 Å². The van der Waals surface area contributed by atoms with Crippen LogP contribution in [0.5, 0.6) is 11.5 Å². The van der Waals surface area contributed by atoms with Crippen LogP contribution in [0, 0.1) is 11.6 Å². The quantitative estimate of drug-likeness (QED) is 0.563. The summed E-state index contributed by atoms with van der Waals surface area (Å²) in [4.78, 5) is 12.0. The molecule has 5 rings (SSSR count). The van der Waals surface area contributed by atoms with Crippen molar-refractivity contribution < 1.29 is 31.5 Å². The minimum atomic E-state index is -4.09.